The van der Waals surface area contributed by atoms with Crippen LogP contribution in [0.4, 0.5) is 0 Å². The van der Waals surface area contributed by atoms with Crippen molar-refractivity contribution >= 4 is 5.91 Å². The largest absolute Gasteiger partial charge is 0.356 e. The number of rotatable bonds is 0. The van der Waals surface area contributed by atoms with Gasteiger partial charge in [-0.1, -0.05) is 0 Å². The standard InChI is InChI=1S/C9H15NO3/c1-9(2)12-6-3-4-10-8(11)5-7(6)13-9/h6-7H,3-5H2,1-2H3,(H,10,11)/t6-,7+/m0/s1. The van der Waals surface area contributed by atoms with Crippen LogP contribution in [0.15, 0.2) is 0 Å². The van der Waals surface area contributed by atoms with Crippen molar-refractivity contribution in [1.29, 1.82) is 0 Å². The Hall–Kier alpha value is -0.610. The van der Waals surface area contributed by atoms with Gasteiger partial charge in [0.15, 0.2) is 5.79 Å². The van der Waals surface area contributed by atoms with Crippen LogP contribution in [0.1, 0.15) is 26.7 Å². The molecule has 0 aliphatic carbocycles. The van der Waals surface area contributed by atoms with Gasteiger partial charge in [-0.25, -0.2) is 0 Å². The first-order valence-electron chi connectivity index (χ1n) is 4.69. The molecular weight excluding hydrogens is 170 g/mol. The van der Waals surface area contributed by atoms with Crippen LogP contribution in [0.2, 0.25) is 0 Å². The molecule has 4 nitrogen and oxygen atoms in total. The summed E-state index contributed by atoms with van der Waals surface area (Å²) in [5, 5.41) is 2.80. The summed E-state index contributed by atoms with van der Waals surface area (Å²) in [6.07, 6.45) is 1.29. The zero-order valence-electron chi connectivity index (χ0n) is 8.00. The van der Waals surface area contributed by atoms with Gasteiger partial charge >= 0.3 is 0 Å². The average molecular weight is 185 g/mol. The molecule has 2 aliphatic rings. The van der Waals surface area contributed by atoms with Crippen LogP contribution in [0, 0.1) is 0 Å². The number of amides is 1. The molecule has 2 rings (SSSR count). The Labute approximate surface area is 77.6 Å². The van der Waals surface area contributed by atoms with Crippen LogP contribution < -0.4 is 5.32 Å². The molecule has 2 saturated heterocycles. The van der Waals surface area contributed by atoms with E-state index >= 15 is 0 Å². The monoisotopic (exact) mass is 185 g/mol. The van der Waals surface area contributed by atoms with E-state index in [4.69, 9.17) is 9.47 Å². The first kappa shape index (κ1) is 8.97. The molecule has 0 saturated carbocycles. The van der Waals surface area contributed by atoms with Crippen molar-refractivity contribution in [3.8, 4) is 0 Å². The maximum absolute atomic E-state index is 11.2. The number of carbonyl (C=O) groups excluding carboxylic acids is 1. The Morgan fingerprint density at radius 2 is 2.08 bits per heavy atom. The predicted octanol–water partition coefficient (Wildman–Crippen LogP) is 0.416. The Morgan fingerprint density at radius 3 is 2.85 bits per heavy atom. The lowest BCUT2D eigenvalue weighted by atomic mass is 10.1. The Kier molecular flexibility index (Phi) is 2.04. The molecular formula is C9H15NO3. The molecule has 2 atom stereocenters. The third kappa shape index (κ3) is 1.84. The van der Waals surface area contributed by atoms with E-state index in [0.717, 1.165) is 6.42 Å². The van der Waals surface area contributed by atoms with Crippen LogP contribution in [-0.4, -0.2) is 30.4 Å². The van der Waals surface area contributed by atoms with E-state index in [1.807, 2.05) is 13.8 Å². The van der Waals surface area contributed by atoms with Gasteiger partial charge < -0.3 is 14.8 Å². The molecule has 0 aromatic heterocycles. The SMILES string of the molecule is CC1(C)O[C@H]2CCNC(=O)C[C@H]2O1. The second kappa shape index (κ2) is 2.96. The topological polar surface area (TPSA) is 47.6 Å². The Bertz CT molecular complexity index is 227. The molecule has 0 aromatic carbocycles. The van der Waals surface area contributed by atoms with Crippen molar-refractivity contribution in [2.24, 2.45) is 0 Å². The molecule has 2 heterocycles. The summed E-state index contributed by atoms with van der Waals surface area (Å²) in [6.45, 7) is 4.47. The molecule has 2 fully saturated rings. The number of ether oxygens (including phenoxy) is 2. The first-order chi connectivity index (χ1) is 6.07. The van der Waals surface area contributed by atoms with Gasteiger partial charge in [-0.05, 0) is 20.3 Å². The van der Waals surface area contributed by atoms with Gasteiger partial charge in [0.1, 0.15) is 0 Å². The van der Waals surface area contributed by atoms with E-state index < -0.39 is 5.79 Å². The van der Waals surface area contributed by atoms with Crippen molar-refractivity contribution in [3.63, 3.8) is 0 Å². The highest BCUT2D eigenvalue weighted by atomic mass is 16.7. The van der Waals surface area contributed by atoms with Gasteiger partial charge in [0.25, 0.3) is 0 Å². The number of hydrogen-bond donors (Lipinski definition) is 1. The fraction of sp³-hybridized carbons (Fsp3) is 0.889. The van der Waals surface area contributed by atoms with Crippen LogP contribution in [0.5, 0.6) is 0 Å². The van der Waals surface area contributed by atoms with E-state index in [9.17, 15) is 4.79 Å². The molecule has 2 aliphatic heterocycles. The zero-order chi connectivity index (χ0) is 9.47. The fourth-order valence-electron chi connectivity index (χ4n) is 1.94. The summed E-state index contributed by atoms with van der Waals surface area (Å²) in [7, 11) is 0. The summed E-state index contributed by atoms with van der Waals surface area (Å²) >= 11 is 0. The van der Waals surface area contributed by atoms with Crippen LogP contribution >= 0.6 is 0 Å². The third-order valence-electron chi connectivity index (χ3n) is 2.42. The molecule has 4 heteroatoms. The van der Waals surface area contributed by atoms with Crippen LogP contribution in [0.3, 0.4) is 0 Å². The lowest BCUT2D eigenvalue weighted by Gasteiger charge is -2.17. The molecule has 0 spiro atoms. The Balaban J connectivity index is 2.08. The van der Waals surface area contributed by atoms with Crippen LogP contribution in [0.25, 0.3) is 0 Å². The minimum absolute atomic E-state index is 0.0579. The van der Waals surface area contributed by atoms with Gasteiger partial charge in [0.05, 0.1) is 18.6 Å². The lowest BCUT2D eigenvalue weighted by molar-refractivity contribution is -0.150. The highest BCUT2D eigenvalue weighted by molar-refractivity contribution is 5.76. The minimum Gasteiger partial charge on any atom is -0.356 e. The van der Waals surface area contributed by atoms with Crippen molar-refractivity contribution in [3.05, 3.63) is 0 Å². The third-order valence-corrected chi connectivity index (χ3v) is 2.42. The van der Waals surface area contributed by atoms with E-state index in [-0.39, 0.29) is 18.1 Å². The molecule has 1 amide bonds. The summed E-state index contributed by atoms with van der Waals surface area (Å²) < 4.78 is 11.3. The number of fused-ring (bicyclic) bond motifs is 1. The second-order valence-corrected chi connectivity index (χ2v) is 4.06. The minimum atomic E-state index is -0.521. The number of nitrogens with one attached hydrogen (secondary N) is 1. The van der Waals surface area contributed by atoms with Gasteiger partial charge in [-0.15, -0.1) is 0 Å². The first-order valence-corrected chi connectivity index (χ1v) is 4.69. The van der Waals surface area contributed by atoms with Crippen molar-refractivity contribution in [2.75, 3.05) is 6.54 Å². The van der Waals surface area contributed by atoms with Gasteiger partial charge in [0.2, 0.25) is 5.91 Å². The molecule has 0 bridgehead atoms. The number of hydrogen-bond acceptors (Lipinski definition) is 3. The lowest BCUT2D eigenvalue weighted by Crippen LogP contribution is -2.27. The van der Waals surface area contributed by atoms with Crippen molar-refractivity contribution in [2.45, 2.75) is 44.7 Å². The number of carbonyl (C=O) groups is 1. The van der Waals surface area contributed by atoms with E-state index in [0.29, 0.717) is 13.0 Å². The average Bonchev–Trinajstić information content (AvgIpc) is 2.15. The Morgan fingerprint density at radius 1 is 1.38 bits per heavy atom. The highest BCUT2D eigenvalue weighted by Crippen LogP contribution is 2.32. The highest BCUT2D eigenvalue weighted by Gasteiger charge is 2.42. The normalized spacial score (nSPS) is 37.8. The maximum atomic E-state index is 11.2. The fourth-order valence-corrected chi connectivity index (χ4v) is 1.94. The van der Waals surface area contributed by atoms with Crippen molar-refractivity contribution < 1.29 is 14.3 Å². The summed E-state index contributed by atoms with van der Waals surface area (Å²) in [5.74, 6) is -0.457. The molecule has 1 N–H and O–H groups in total. The quantitative estimate of drug-likeness (QED) is 0.595. The summed E-state index contributed by atoms with van der Waals surface area (Å²) in [4.78, 5) is 11.2. The van der Waals surface area contributed by atoms with Crippen molar-refractivity contribution in [1.82, 2.24) is 5.32 Å². The van der Waals surface area contributed by atoms with Gasteiger partial charge in [-0.3, -0.25) is 4.79 Å². The van der Waals surface area contributed by atoms with E-state index in [1.54, 1.807) is 0 Å². The molecule has 0 radical (unpaired) electrons. The summed E-state index contributed by atoms with van der Waals surface area (Å²) in [5.41, 5.74) is 0. The molecule has 74 valence electrons. The maximum Gasteiger partial charge on any atom is 0.222 e. The van der Waals surface area contributed by atoms with E-state index in [1.165, 1.54) is 0 Å². The molecule has 13 heavy (non-hydrogen) atoms. The molecule has 0 unspecified atom stereocenters. The zero-order valence-corrected chi connectivity index (χ0v) is 8.00. The van der Waals surface area contributed by atoms with Gasteiger partial charge in [0, 0.05) is 6.54 Å². The predicted molar refractivity (Wildman–Crippen MR) is 46.1 cm³/mol. The van der Waals surface area contributed by atoms with Gasteiger partial charge in [-0.2, -0.15) is 0 Å². The smallest absolute Gasteiger partial charge is 0.222 e. The van der Waals surface area contributed by atoms with Crippen LogP contribution in [-0.2, 0) is 14.3 Å². The van der Waals surface area contributed by atoms with E-state index in [2.05, 4.69) is 5.32 Å². The molecule has 0 aromatic rings. The second-order valence-electron chi connectivity index (χ2n) is 4.06. The summed E-state index contributed by atoms with van der Waals surface area (Å²) in [6, 6.07) is 0.